The van der Waals surface area contributed by atoms with E-state index in [1.54, 1.807) is 18.6 Å². The van der Waals surface area contributed by atoms with Crippen molar-refractivity contribution >= 4 is 23.1 Å². The van der Waals surface area contributed by atoms with E-state index in [9.17, 15) is 4.79 Å². The fourth-order valence-corrected chi connectivity index (χ4v) is 3.57. The van der Waals surface area contributed by atoms with Crippen molar-refractivity contribution in [3.8, 4) is 0 Å². The van der Waals surface area contributed by atoms with Gasteiger partial charge in [-0.1, -0.05) is 0 Å². The second-order valence-corrected chi connectivity index (χ2v) is 6.05. The summed E-state index contributed by atoms with van der Waals surface area (Å²) >= 11 is 1.51. The first kappa shape index (κ1) is 14.9. The third kappa shape index (κ3) is 2.94. The number of carbonyl (C=O) groups is 1. The largest absolute Gasteiger partial charge is 0.461 e. The quantitative estimate of drug-likeness (QED) is 0.808. The van der Waals surface area contributed by atoms with E-state index < -0.39 is 0 Å². The minimum atomic E-state index is -0.354. The lowest BCUT2D eigenvalue weighted by molar-refractivity contribution is 0.0520. The standard InChI is InChI=1S/C15H18N4O2S/c1-3-21-15(20)11-8-22-14(18-11)12-5-4-6-19(12)13-7-10(2)16-9-17-13/h7-9,12H,3-6H2,1-2H3/t12-/m1/s1. The maximum absolute atomic E-state index is 11.8. The first-order chi connectivity index (χ1) is 10.7. The van der Waals surface area contributed by atoms with Gasteiger partial charge in [-0.25, -0.2) is 19.7 Å². The Labute approximate surface area is 133 Å². The molecule has 2 aromatic rings. The van der Waals surface area contributed by atoms with Crippen molar-refractivity contribution in [2.24, 2.45) is 0 Å². The van der Waals surface area contributed by atoms with Gasteiger partial charge in [0.15, 0.2) is 5.69 Å². The summed E-state index contributed by atoms with van der Waals surface area (Å²) in [6.07, 6.45) is 3.69. The zero-order valence-corrected chi connectivity index (χ0v) is 13.5. The lowest BCUT2D eigenvalue weighted by atomic mass is 10.2. The van der Waals surface area contributed by atoms with Crippen molar-refractivity contribution in [2.45, 2.75) is 32.7 Å². The highest BCUT2D eigenvalue weighted by molar-refractivity contribution is 7.10. The summed E-state index contributed by atoms with van der Waals surface area (Å²) in [7, 11) is 0. The van der Waals surface area contributed by atoms with E-state index in [0.29, 0.717) is 12.3 Å². The summed E-state index contributed by atoms with van der Waals surface area (Å²) < 4.78 is 5.00. The maximum atomic E-state index is 11.8. The van der Waals surface area contributed by atoms with Crippen molar-refractivity contribution in [1.29, 1.82) is 0 Å². The number of rotatable bonds is 4. The normalized spacial score (nSPS) is 17.7. The summed E-state index contributed by atoms with van der Waals surface area (Å²) in [4.78, 5) is 27.0. The number of hydrogen-bond acceptors (Lipinski definition) is 7. The molecule has 3 heterocycles. The number of nitrogens with zero attached hydrogens (tertiary/aromatic N) is 4. The molecule has 0 spiro atoms. The van der Waals surface area contributed by atoms with Crippen molar-refractivity contribution in [3.63, 3.8) is 0 Å². The highest BCUT2D eigenvalue weighted by Crippen LogP contribution is 2.36. The van der Waals surface area contributed by atoms with Crippen LogP contribution in [0, 0.1) is 6.92 Å². The highest BCUT2D eigenvalue weighted by Gasteiger charge is 2.30. The van der Waals surface area contributed by atoms with Crippen LogP contribution in [0.2, 0.25) is 0 Å². The monoisotopic (exact) mass is 318 g/mol. The minimum absolute atomic E-state index is 0.169. The molecule has 22 heavy (non-hydrogen) atoms. The van der Waals surface area contributed by atoms with Crippen LogP contribution in [0.5, 0.6) is 0 Å². The van der Waals surface area contributed by atoms with Crippen molar-refractivity contribution in [2.75, 3.05) is 18.1 Å². The van der Waals surface area contributed by atoms with E-state index in [1.807, 2.05) is 13.0 Å². The first-order valence-electron chi connectivity index (χ1n) is 7.37. The maximum Gasteiger partial charge on any atom is 0.357 e. The number of carbonyl (C=O) groups excluding carboxylic acids is 1. The zero-order valence-electron chi connectivity index (χ0n) is 12.7. The third-order valence-electron chi connectivity index (χ3n) is 3.63. The van der Waals surface area contributed by atoms with E-state index in [1.165, 1.54) is 11.3 Å². The Morgan fingerprint density at radius 3 is 3.14 bits per heavy atom. The lowest BCUT2D eigenvalue weighted by Gasteiger charge is -2.24. The Morgan fingerprint density at radius 2 is 2.36 bits per heavy atom. The fraction of sp³-hybridized carbons (Fsp3) is 0.467. The van der Waals surface area contributed by atoms with E-state index >= 15 is 0 Å². The van der Waals surface area contributed by atoms with Gasteiger partial charge in [-0.3, -0.25) is 0 Å². The molecule has 1 aliphatic heterocycles. The third-order valence-corrected chi connectivity index (χ3v) is 4.57. The molecular weight excluding hydrogens is 300 g/mol. The van der Waals surface area contributed by atoms with Crippen molar-refractivity contribution in [1.82, 2.24) is 15.0 Å². The number of anilines is 1. The number of ether oxygens (including phenoxy) is 1. The molecule has 0 unspecified atom stereocenters. The molecule has 3 rings (SSSR count). The van der Waals surface area contributed by atoms with Crippen LogP contribution in [0.25, 0.3) is 0 Å². The molecule has 0 saturated carbocycles. The van der Waals surface area contributed by atoms with Crippen LogP contribution in [0.3, 0.4) is 0 Å². The predicted molar refractivity (Wildman–Crippen MR) is 84.2 cm³/mol. The average molecular weight is 318 g/mol. The van der Waals surface area contributed by atoms with Gasteiger partial charge in [0.2, 0.25) is 0 Å². The molecule has 1 atom stereocenters. The number of aromatic nitrogens is 3. The summed E-state index contributed by atoms with van der Waals surface area (Å²) in [6.45, 7) is 5.05. The highest BCUT2D eigenvalue weighted by atomic mass is 32.1. The van der Waals surface area contributed by atoms with Crippen LogP contribution in [-0.4, -0.2) is 34.1 Å². The molecule has 0 bridgehead atoms. The zero-order chi connectivity index (χ0) is 15.5. The molecule has 1 fully saturated rings. The van der Waals surface area contributed by atoms with Crippen LogP contribution in [-0.2, 0) is 4.74 Å². The van der Waals surface area contributed by atoms with Crippen molar-refractivity contribution < 1.29 is 9.53 Å². The molecule has 116 valence electrons. The molecule has 0 aromatic carbocycles. The van der Waals surface area contributed by atoms with E-state index in [-0.39, 0.29) is 12.0 Å². The summed E-state index contributed by atoms with van der Waals surface area (Å²) in [5.74, 6) is 0.565. The molecule has 1 aliphatic rings. The number of thiazole rings is 1. The molecule has 6 nitrogen and oxygen atoms in total. The van der Waals surface area contributed by atoms with Crippen LogP contribution >= 0.6 is 11.3 Å². The summed E-state index contributed by atoms with van der Waals surface area (Å²) in [5, 5.41) is 2.71. The number of esters is 1. The molecule has 7 heteroatoms. The van der Waals surface area contributed by atoms with Gasteiger partial charge in [-0.15, -0.1) is 11.3 Å². The Morgan fingerprint density at radius 1 is 1.50 bits per heavy atom. The van der Waals surface area contributed by atoms with Crippen LogP contribution < -0.4 is 4.90 Å². The van der Waals surface area contributed by atoms with Gasteiger partial charge in [-0.2, -0.15) is 0 Å². The van der Waals surface area contributed by atoms with Crippen molar-refractivity contribution in [3.05, 3.63) is 34.2 Å². The number of aryl methyl sites for hydroxylation is 1. The van der Waals surface area contributed by atoms with E-state index in [2.05, 4.69) is 19.9 Å². The van der Waals surface area contributed by atoms with Gasteiger partial charge in [-0.05, 0) is 26.7 Å². The fourth-order valence-electron chi connectivity index (χ4n) is 2.63. The Bertz CT molecular complexity index is 673. The van der Waals surface area contributed by atoms with Gasteiger partial charge >= 0.3 is 5.97 Å². The van der Waals surface area contributed by atoms with Gasteiger partial charge in [0.25, 0.3) is 0 Å². The van der Waals surface area contributed by atoms with E-state index in [0.717, 1.165) is 35.9 Å². The van der Waals surface area contributed by atoms with Gasteiger partial charge < -0.3 is 9.64 Å². The van der Waals surface area contributed by atoms with Crippen LogP contribution in [0.1, 0.15) is 47.0 Å². The topological polar surface area (TPSA) is 68.2 Å². The Kier molecular flexibility index (Phi) is 4.33. The molecular formula is C15H18N4O2S. The predicted octanol–water partition coefficient (Wildman–Crippen LogP) is 2.76. The SMILES string of the molecule is CCOC(=O)c1csc([C@H]2CCCN2c2cc(C)ncn2)n1. The molecule has 0 radical (unpaired) electrons. The average Bonchev–Trinajstić information content (AvgIpc) is 3.16. The summed E-state index contributed by atoms with van der Waals surface area (Å²) in [5.41, 5.74) is 1.34. The second-order valence-electron chi connectivity index (χ2n) is 5.16. The second kappa shape index (κ2) is 6.39. The lowest BCUT2D eigenvalue weighted by Crippen LogP contribution is -2.23. The van der Waals surface area contributed by atoms with Gasteiger partial charge in [0.05, 0.1) is 12.6 Å². The number of hydrogen-bond donors (Lipinski definition) is 0. The minimum Gasteiger partial charge on any atom is -0.461 e. The van der Waals surface area contributed by atoms with Crippen LogP contribution in [0.4, 0.5) is 5.82 Å². The molecule has 1 saturated heterocycles. The summed E-state index contributed by atoms with van der Waals surface area (Å²) in [6, 6.07) is 2.15. The molecule has 0 N–H and O–H groups in total. The van der Waals surface area contributed by atoms with E-state index in [4.69, 9.17) is 4.74 Å². The molecule has 0 aliphatic carbocycles. The first-order valence-corrected chi connectivity index (χ1v) is 8.25. The molecule has 0 amide bonds. The van der Waals surface area contributed by atoms with Gasteiger partial charge in [0, 0.05) is 23.7 Å². The Hall–Kier alpha value is -2.02. The Balaban J connectivity index is 1.83. The molecule has 2 aromatic heterocycles. The smallest absolute Gasteiger partial charge is 0.357 e. The van der Waals surface area contributed by atoms with Gasteiger partial charge in [0.1, 0.15) is 17.2 Å². The van der Waals surface area contributed by atoms with Crippen LogP contribution in [0.15, 0.2) is 17.8 Å².